The fraction of sp³-hybridized carbons (Fsp3) is 0.435. The molecule has 1 amide bonds. The molecule has 0 aromatic heterocycles. The lowest BCUT2D eigenvalue weighted by atomic mass is 9.96. The van der Waals surface area contributed by atoms with E-state index < -0.39 is 10.0 Å². The topological polar surface area (TPSA) is 75.7 Å². The molecule has 2 aromatic carbocycles. The smallest absolute Gasteiger partial charge is 0.243 e. The third kappa shape index (κ3) is 6.21. The molecule has 31 heavy (non-hydrogen) atoms. The minimum Gasteiger partial charge on any atom is -0.497 e. The molecule has 2 aromatic rings. The summed E-state index contributed by atoms with van der Waals surface area (Å²) in [7, 11) is -1.92. The number of carbonyl (C=O) groups excluding carboxylic acids is 1. The third-order valence-electron chi connectivity index (χ3n) is 5.69. The summed E-state index contributed by atoms with van der Waals surface area (Å²) in [4.78, 5) is 12.9. The molecule has 1 aliphatic heterocycles. The van der Waals surface area contributed by atoms with Crippen LogP contribution in [0.15, 0.2) is 53.4 Å². The van der Waals surface area contributed by atoms with Gasteiger partial charge in [0.25, 0.3) is 0 Å². The van der Waals surface area contributed by atoms with Crippen LogP contribution in [0.5, 0.6) is 5.75 Å². The van der Waals surface area contributed by atoms with Crippen LogP contribution in [0.1, 0.15) is 31.7 Å². The van der Waals surface area contributed by atoms with Crippen LogP contribution in [0, 0.1) is 5.92 Å². The Morgan fingerprint density at radius 1 is 1.13 bits per heavy atom. The Morgan fingerprint density at radius 2 is 1.74 bits per heavy atom. The molecule has 0 spiro atoms. The molecule has 1 aliphatic rings. The van der Waals surface area contributed by atoms with Gasteiger partial charge >= 0.3 is 0 Å². The molecule has 6 nitrogen and oxygen atoms in total. The second-order valence-electron chi connectivity index (χ2n) is 7.93. The van der Waals surface area contributed by atoms with Crippen molar-refractivity contribution in [1.82, 2.24) is 9.62 Å². The molecule has 1 saturated heterocycles. The van der Waals surface area contributed by atoms with Crippen molar-refractivity contribution >= 4 is 27.5 Å². The van der Waals surface area contributed by atoms with Crippen molar-refractivity contribution in [2.75, 3.05) is 20.2 Å². The number of benzene rings is 2. The normalized spacial score (nSPS) is 16.6. The Kier molecular flexibility index (Phi) is 7.97. The number of ether oxygens (including phenoxy) is 1. The zero-order valence-electron chi connectivity index (χ0n) is 17.9. The SMILES string of the molecule is COc1ccc(CCC(C)NC(=O)C2CCN(S(=O)(=O)c3ccc(Cl)cc3)CC2)cc1. The van der Waals surface area contributed by atoms with Gasteiger partial charge in [0.05, 0.1) is 12.0 Å². The maximum absolute atomic E-state index is 12.8. The van der Waals surface area contributed by atoms with Crippen LogP contribution in [0.25, 0.3) is 0 Å². The van der Waals surface area contributed by atoms with Gasteiger partial charge in [-0.15, -0.1) is 0 Å². The van der Waals surface area contributed by atoms with E-state index in [9.17, 15) is 13.2 Å². The highest BCUT2D eigenvalue weighted by Crippen LogP contribution is 2.25. The number of halogens is 1. The molecule has 1 heterocycles. The monoisotopic (exact) mass is 464 g/mol. The van der Waals surface area contributed by atoms with E-state index in [0.717, 1.165) is 18.6 Å². The summed E-state index contributed by atoms with van der Waals surface area (Å²) in [6.07, 6.45) is 2.73. The quantitative estimate of drug-likeness (QED) is 0.643. The first-order valence-corrected chi connectivity index (χ1v) is 12.3. The van der Waals surface area contributed by atoms with E-state index in [0.29, 0.717) is 31.0 Å². The summed E-state index contributed by atoms with van der Waals surface area (Å²) in [5.74, 6) is 0.667. The predicted molar refractivity (Wildman–Crippen MR) is 122 cm³/mol. The van der Waals surface area contributed by atoms with Crippen LogP contribution in [-0.4, -0.2) is 44.9 Å². The summed E-state index contributed by atoms with van der Waals surface area (Å²) in [5, 5.41) is 3.58. The van der Waals surface area contributed by atoms with Crippen LogP contribution < -0.4 is 10.1 Å². The lowest BCUT2D eigenvalue weighted by Crippen LogP contribution is -2.44. The number of rotatable bonds is 8. The fourth-order valence-electron chi connectivity index (χ4n) is 3.72. The number of aryl methyl sites for hydroxylation is 1. The van der Waals surface area contributed by atoms with Crippen molar-refractivity contribution in [2.45, 2.75) is 43.5 Å². The lowest BCUT2D eigenvalue weighted by molar-refractivity contribution is -0.126. The van der Waals surface area contributed by atoms with E-state index >= 15 is 0 Å². The number of hydrogen-bond donors (Lipinski definition) is 1. The third-order valence-corrected chi connectivity index (χ3v) is 7.85. The summed E-state index contributed by atoms with van der Waals surface area (Å²) in [6.45, 7) is 2.67. The number of sulfonamides is 1. The van der Waals surface area contributed by atoms with Crippen LogP contribution in [0.2, 0.25) is 5.02 Å². The van der Waals surface area contributed by atoms with Gasteiger partial charge in [0.1, 0.15) is 5.75 Å². The van der Waals surface area contributed by atoms with E-state index in [1.54, 1.807) is 19.2 Å². The van der Waals surface area contributed by atoms with Gasteiger partial charge < -0.3 is 10.1 Å². The highest BCUT2D eigenvalue weighted by molar-refractivity contribution is 7.89. The maximum Gasteiger partial charge on any atom is 0.243 e. The van der Waals surface area contributed by atoms with Crippen molar-refractivity contribution < 1.29 is 17.9 Å². The Hall–Kier alpha value is -2.09. The molecule has 1 N–H and O–H groups in total. The molecule has 0 radical (unpaired) electrons. The maximum atomic E-state index is 12.8. The van der Waals surface area contributed by atoms with E-state index in [2.05, 4.69) is 5.32 Å². The van der Waals surface area contributed by atoms with E-state index in [-0.39, 0.29) is 22.8 Å². The number of carbonyl (C=O) groups is 1. The minimum atomic E-state index is -3.56. The van der Waals surface area contributed by atoms with Crippen molar-refractivity contribution in [3.8, 4) is 5.75 Å². The molecule has 168 valence electrons. The van der Waals surface area contributed by atoms with E-state index in [1.807, 2.05) is 31.2 Å². The number of methoxy groups -OCH3 is 1. The summed E-state index contributed by atoms with van der Waals surface area (Å²) < 4.78 is 32.2. The average molecular weight is 465 g/mol. The van der Waals surface area contributed by atoms with Gasteiger partial charge in [-0.1, -0.05) is 23.7 Å². The first-order valence-electron chi connectivity index (χ1n) is 10.5. The molecule has 0 saturated carbocycles. The minimum absolute atomic E-state index is 0.00534. The average Bonchev–Trinajstić information content (AvgIpc) is 2.78. The molecule has 0 aliphatic carbocycles. The van der Waals surface area contributed by atoms with E-state index in [1.165, 1.54) is 22.0 Å². The largest absolute Gasteiger partial charge is 0.497 e. The Morgan fingerprint density at radius 3 is 2.32 bits per heavy atom. The molecule has 3 rings (SSSR count). The standard InChI is InChI=1S/C23H29ClN2O4S/c1-17(3-4-18-5-9-21(30-2)10-6-18)25-23(27)19-13-15-26(16-14-19)31(28,29)22-11-7-20(24)8-12-22/h5-12,17,19H,3-4,13-16H2,1-2H3,(H,25,27). The lowest BCUT2D eigenvalue weighted by Gasteiger charge is -2.31. The molecular formula is C23H29ClN2O4S. The van der Waals surface area contributed by atoms with Gasteiger partial charge in [-0.2, -0.15) is 4.31 Å². The van der Waals surface area contributed by atoms with Crippen LogP contribution in [-0.2, 0) is 21.2 Å². The van der Waals surface area contributed by atoms with Crippen molar-refractivity contribution in [1.29, 1.82) is 0 Å². The molecule has 1 fully saturated rings. The number of piperidine rings is 1. The van der Waals surface area contributed by atoms with Crippen molar-refractivity contribution in [2.24, 2.45) is 5.92 Å². The molecule has 0 bridgehead atoms. The second kappa shape index (κ2) is 10.5. The van der Waals surface area contributed by atoms with Crippen LogP contribution in [0.4, 0.5) is 0 Å². The fourth-order valence-corrected chi connectivity index (χ4v) is 5.32. The van der Waals surface area contributed by atoms with Crippen molar-refractivity contribution in [3.63, 3.8) is 0 Å². The van der Waals surface area contributed by atoms with Gasteiger partial charge in [-0.05, 0) is 74.6 Å². The number of amides is 1. The Labute approximate surface area is 189 Å². The summed E-state index contributed by atoms with van der Waals surface area (Å²) in [6, 6.07) is 14.2. The van der Waals surface area contributed by atoms with Gasteiger partial charge in [-0.3, -0.25) is 4.79 Å². The highest BCUT2D eigenvalue weighted by atomic mass is 35.5. The summed E-state index contributed by atoms with van der Waals surface area (Å²) in [5.41, 5.74) is 1.20. The number of nitrogens with zero attached hydrogens (tertiary/aromatic N) is 1. The van der Waals surface area contributed by atoms with Gasteiger partial charge in [0, 0.05) is 30.1 Å². The molecule has 1 unspecified atom stereocenters. The highest BCUT2D eigenvalue weighted by Gasteiger charge is 2.32. The van der Waals surface area contributed by atoms with Gasteiger partial charge in [0.2, 0.25) is 15.9 Å². The molecule has 8 heteroatoms. The zero-order chi connectivity index (χ0) is 22.4. The predicted octanol–water partition coefficient (Wildman–Crippen LogP) is 3.89. The van der Waals surface area contributed by atoms with Crippen LogP contribution >= 0.6 is 11.6 Å². The molecule has 1 atom stereocenters. The van der Waals surface area contributed by atoms with Crippen molar-refractivity contribution in [3.05, 3.63) is 59.1 Å². The second-order valence-corrected chi connectivity index (χ2v) is 10.3. The Bertz CT molecular complexity index is 970. The number of nitrogens with one attached hydrogen (secondary N) is 1. The van der Waals surface area contributed by atoms with Gasteiger partial charge in [-0.25, -0.2) is 8.42 Å². The molecular weight excluding hydrogens is 436 g/mol. The first kappa shape index (κ1) is 23.6. The summed E-state index contributed by atoms with van der Waals surface area (Å²) >= 11 is 5.85. The van der Waals surface area contributed by atoms with E-state index in [4.69, 9.17) is 16.3 Å². The zero-order valence-corrected chi connectivity index (χ0v) is 19.5. The van der Waals surface area contributed by atoms with Crippen LogP contribution in [0.3, 0.4) is 0 Å². The number of hydrogen-bond acceptors (Lipinski definition) is 4. The first-order chi connectivity index (χ1) is 14.8. The van der Waals surface area contributed by atoms with Gasteiger partial charge in [0.15, 0.2) is 0 Å². The Balaban J connectivity index is 1.46.